The molecule has 1 N–H and O–H groups in total. The number of hydrogen-bond donors (Lipinski definition) is 1. The van der Waals surface area contributed by atoms with E-state index in [9.17, 15) is 15.4 Å². The average molecular weight is 444 g/mol. The van der Waals surface area contributed by atoms with Crippen LogP contribution in [0.5, 0.6) is 11.6 Å². The van der Waals surface area contributed by atoms with E-state index in [4.69, 9.17) is 4.74 Å². The molecular formula is C24H24N6O3. The Balaban J connectivity index is 1.72. The van der Waals surface area contributed by atoms with Crippen molar-refractivity contribution in [1.29, 1.82) is 5.26 Å². The van der Waals surface area contributed by atoms with Crippen LogP contribution in [-0.4, -0.2) is 34.0 Å². The quantitative estimate of drug-likeness (QED) is 0.434. The Morgan fingerprint density at radius 1 is 1.18 bits per heavy atom. The maximum atomic E-state index is 11.4. The number of piperidine rings is 1. The lowest BCUT2D eigenvalue weighted by Crippen LogP contribution is -2.41. The van der Waals surface area contributed by atoms with E-state index in [0.29, 0.717) is 28.8 Å². The van der Waals surface area contributed by atoms with Crippen molar-refractivity contribution in [2.75, 3.05) is 18.0 Å². The van der Waals surface area contributed by atoms with Gasteiger partial charge >= 0.3 is 0 Å². The van der Waals surface area contributed by atoms with Crippen molar-refractivity contribution in [2.24, 2.45) is 0 Å². The van der Waals surface area contributed by atoms with Crippen LogP contribution in [-0.2, 0) is 0 Å². The average Bonchev–Trinajstić information content (AvgIpc) is 2.82. The van der Waals surface area contributed by atoms with Gasteiger partial charge in [0, 0.05) is 30.4 Å². The highest BCUT2D eigenvalue weighted by molar-refractivity contribution is 5.62. The molecule has 1 aromatic heterocycles. The normalized spacial score (nSPS) is 13.8. The lowest BCUT2D eigenvalue weighted by atomic mass is 10.0. The van der Waals surface area contributed by atoms with Gasteiger partial charge in [0.1, 0.15) is 5.75 Å². The van der Waals surface area contributed by atoms with Crippen LogP contribution in [0.3, 0.4) is 0 Å². The van der Waals surface area contributed by atoms with Crippen molar-refractivity contribution < 1.29 is 9.66 Å². The number of nitro groups is 1. The molecule has 1 aliphatic heterocycles. The van der Waals surface area contributed by atoms with E-state index in [2.05, 4.69) is 21.4 Å². The lowest BCUT2D eigenvalue weighted by Gasteiger charge is -2.34. The van der Waals surface area contributed by atoms with E-state index in [0.717, 1.165) is 37.1 Å². The van der Waals surface area contributed by atoms with Gasteiger partial charge in [-0.15, -0.1) is 0 Å². The number of nitro benzene ring substituents is 1. The molecule has 4 rings (SSSR count). The molecule has 0 unspecified atom stereocenters. The number of anilines is 2. The largest absolute Gasteiger partial charge is 0.438 e. The summed E-state index contributed by atoms with van der Waals surface area (Å²) in [7, 11) is 0. The first kappa shape index (κ1) is 22.2. The highest BCUT2D eigenvalue weighted by atomic mass is 16.6. The molecule has 0 amide bonds. The number of rotatable bonds is 6. The Hall–Kier alpha value is -4.03. The standard InChI is InChI=1S/C24H24N6O3/c1-16-12-18(15-25)13-17(2)23(16)33-22-8-11-27-24(28-22)29(19-6-9-26-10-7-19)20-4-3-5-21(14-20)30(31)32/h3-5,8,11-14,19,26H,6-7,9-10H2,1-2H3. The number of nitriles is 1. The monoisotopic (exact) mass is 444 g/mol. The predicted octanol–water partition coefficient (Wildman–Crippen LogP) is 4.56. The molecule has 33 heavy (non-hydrogen) atoms. The summed E-state index contributed by atoms with van der Waals surface area (Å²) in [6, 6.07) is 14.0. The molecule has 0 radical (unpaired) electrons. The van der Waals surface area contributed by atoms with Gasteiger partial charge in [0.05, 0.1) is 22.2 Å². The zero-order valence-corrected chi connectivity index (χ0v) is 18.5. The summed E-state index contributed by atoms with van der Waals surface area (Å²) in [4.78, 5) is 22.1. The molecule has 9 heteroatoms. The van der Waals surface area contributed by atoms with Crippen LogP contribution >= 0.6 is 0 Å². The highest BCUT2D eigenvalue weighted by Crippen LogP contribution is 2.33. The molecule has 9 nitrogen and oxygen atoms in total. The Morgan fingerprint density at radius 3 is 2.58 bits per heavy atom. The van der Waals surface area contributed by atoms with Crippen LogP contribution in [0.25, 0.3) is 0 Å². The summed E-state index contributed by atoms with van der Waals surface area (Å²) in [6.07, 6.45) is 3.33. The number of aryl methyl sites for hydroxylation is 2. The van der Waals surface area contributed by atoms with Gasteiger partial charge < -0.3 is 15.0 Å². The summed E-state index contributed by atoms with van der Waals surface area (Å²) < 4.78 is 6.11. The molecule has 1 fully saturated rings. The van der Waals surface area contributed by atoms with Crippen LogP contribution in [0.4, 0.5) is 17.3 Å². The molecule has 1 saturated heterocycles. The van der Waals surface area contributed by atoms with E-state index < -0.39 is 4.92 Å². The van der Waals surface area contributed by atoms with Gasteiger partial charge in [-0.1, -0.05) is 6.07 Å². The van der Waals surface area contributed by atoms with Gasteiger partial charge in [0.2, 0.25) is 11.8 Å². The first-order valence-corrected chi connectivity index (χ1v) is 10.7. The van der Waals surface area contributed by atoms with Crippen LogP contribution in [0.2, 0.25) is 0 Å². The number of benzene rings is 2. The fraction of sp³-hybridized carbons (Fsp3) is 0.292. The molecular weight excluding hydrogens is 420 g/mol. The van der Waals surface area contributed by atoms with Crippen LogP contribution < -0.4 is 15.0 Å². The molecule has 2 aromatic carbocycles. The van der Waals surface area contributed by atoms with E-state index in [1.54, 1.807) is 36.5 Å². The Bertz CT molecular complexity index is 1190. The topological polar surface area (TPSA) is 117 Å². The van der Waals surface area contributed by atoms with Crippen molar-refractivity contribution in [3.05, 3.63) is 75.5 Å². The fourth-order valence-corrected chi connectivity index (χ4v) is 4.10. The maximum Gasteiger partial charge on any atom is 0.271 e. The lowest BCUT2D eigenvalue weighted by molar-refractivity contribution is -0.384. The van der Waals surface area contributed by atoms with Gasteiger partial charge in [-0.05, 0) is 69.1 Å². The third-order valence-electron chi connectivity index (χ3n) is 5.62. The Labute approximate surface area is 191 Å². The molecule has 0 aliphatic carbocycles. The number of aromatic nitrogens is 2. The number of non-ortho nitro benzene ring substituents is 1. The first-order valence-electron chi connectivity index (χ1n) is 10.7. The SMILES string of the molecule is Cc1cc(C#N)cc(C)c1Oc1ccnc(N(c2cccc([N+](=O)[O-])c2)C2CCNCC2)n1. The molecule has 168 valence electrons. The smallest absolute Gasteiger partial charge is 0.271 e. The molecule has 0 spiro atoms. The molecule has 0 saturated carbocycles. The molecule has 0 atom stereocenters. The zero-order chi connectivity index (χ0) is 23.4. The maximum absolute atomic E-state index is 11.4. The van der Waals surface area contributed by atoms with E-state index >= 15 is 0 Å². The van der Waals surface area contributed by atoms with Gasteiger partial charge in [0.15, 0.2) is 0 Å². The van der Waals surface area contributed by atoms with Gasteiger partial charge in [-0.2, -0.15) is 10.2 Å². The molecule has 0 bridgehead atoms. The minimum absolute atomic E-state index is 0.0164. The molecule has 1 aliphatic rings. The van der Waals surface area contributed by atoms with Gasteiger partial charge in [0.25, 0.3) is 5.69 Å². The summed E-state index contributed by atoms with van der Waals surface area (Å²) >= 11 is 0. The Kier molecular flexibility index (Phi) is 6.47. The number of hydrogen-bond acceptors (Lipinski definition) is 8. The minimum Gasteiger partial charge on any atom is -0.438 e. The second kappa shape index (κ2) is 9.63. The minimum atomic E-state index is -0.402. The number of ether oxygens (including phenoxy) is 1. The summed E-state index contributed by atoms with van der Waals surface area (Å²) in [5.74, 6) is 1.42. The van der Waals surface area contributed by atoms with Crippen LogP contribution in [0.15, 0.2) is 48.7 Å². The van der Waals surface area contributed by atoms with Crippen LogP contribution in [0, 0.1) is 35.3 Å². The van der Waals surface area contributed by atoms with Crippen molar-refractivity contribution in [3.63, 3.8) is 0 Å². The van der Waals surface area contributed by atoms with E-state index in [1.165, 1.54) is 6.07 Å². The number of nitrogens with one attached hydrogen (secondary N) is 1. The van der Waals surface area contributed by atoms with Gasteiger partial charge in [-0.25, -0.2) is 4.98 Å². The second-order valence-corrected chi connectivity index (χ2v) is 7.98. The Morgan fingerprint density at radius 2 is 1.91 bits per heavy atom. The van der Waals surface area contributed by atoms with Crippen molar-refractivity contribution in [3.8, 4) is 17.7 Å². The highest BCUT2D eigenvalue weighted by Gasteiger charge is 2.26. The summed E-state index contributed by atoms with van der Waals surface area (Å²) in [5.41, 5.74) is 2.92. The fourth-order valence-electron chi connectivity index (χ4n) is 4.10. The van der Waals surface area contributed by atoms with E-state index in [1.807, 2.05) is 24.8 Å². The summed E-state index contributed by atoms with van der Waals surface area (Å²) in [5, 5.41) is 23.9. The predicted molar refractivity (Wildman–Crippen MR) is 124 cm³/mol. The third-order valence-corrected chi connectivity index (χ3v) is 5.62. The molecule has 3 aromatic rings. The third kappa shape index (κ3) is 4.91. The second-order valence-electron chi connectivity index (χ2n) is 7.98. The first-order chi connectivity index (χ1) is 16.0. The van der Waals surface area contributed by atoms with Crippen molar-refractivity contribution >= 4 is 17.3 Å². The molecule has 2 heterocycles. The van der Waals surface area contributed by atoms with Crippen molar-refractivity contribution in [2.45, 2.75) is 32.7 Å². The van der Waals surface area contributed by atoms with Gasteiger partial charge in [-0.3, -0.25) is 10.1 Å². The zero-order valence-electron chi connectivity index (χ0n) is 18.5. The van der Waals surface area contributed by atoms with Crippen molar-refractivity contribution in [1.82, 2.24) is 15.3 Å². The van der Waals surface area contributed by atoms with Crippen LogP contribution in [0.1, 0.15) is 29.5 Å². The summed E-state index contributed by atoms with van der Waals surface area (Å²) in [6.45, 7) is 5.46. The number of nitrogens with zero attached hydrogens (tertiary/aromatic N) is 5. The van der Waals surface area contributed by atoms with E-state index in [-0.39, 0.29) is 11.7 Å².